The van der Waals surface area contributed by atoms with E-state index in [0.29, 0.717) is 17.1 Å². The van der Waals surface area contributed by atoms with Crippen LogP contribution in [0, 0.1) is 5.82 Å². The number of carbonyl (C=O) groups excluding carboxylic acids is 2. The van der Waals surface area contributed by atoms with Crippen molar-refractivity contribution in [2.24, 2.45) is 0 Å². The lowest BCUT2D eigenvalue weighted by molar-refractivity contribution is -0.121. The highest BCUT2D eigenvalue weighted by Gasteiger charge is 2.15. The molecule has 2 rings (SSSR count). The molecular formula is C20H23ClFN3O2. The molecule has 7 heteroatoms. The second-order valence-electron chi connectivity index (χ2n) is 6.35. The van der Waals surface area contributed by atoms with Crippen LogP contribution in [-0.4, -0.2) is 43.9 Å². The third kappa shape index (κ3) is 6.66. The molecule has 0 radical (unpaired) electrons. The largest absolute Gasteiger partial charge is 0.354 e. The number of amides is 2. The van der Waals surface area contributed by atoms with E-state index in [0.717, 1.165) is 5.56 Å². The van der Waals surface area contributed by atoms with Crippen molar-refractivity contribution in [1.82, 2.24) is 15.5 Å². The topological polar surface area (TPSA) is 61.4 Å². The molecule has 0 bridgehead atoms. The van der Waals surface area contributed by atoms with Crippen molar-refractivity contribution in [3.63, 3.8) is 0 Å². The Bertz CT molecular complexity index is 764. The molecule has 0 spiro atoms. The van der Waals surface area contributed by atoms with E-state index in [4.69, 9.17) is 11.6 Å². The van der Waals surface area contributed by atoms with Crippen LogP contribution < -0.4 is 10.6 Å². The van der Waals surface area contributed by atoms with Crippen molar-refractivity contribution in [1.29, 1.82) is 0 Å². The fourth-order valence-corrected chi connectivity index (χ4v) is 2.70. The SMILES string of the molecule is CN(C)C(CNC(=O)CCNC(=O)c1ccc(Cl)cc1)c1ccc(F)cc1. The summed E-state index contributed by atoms with van der Waals surface area (Å²) in [5, 5.41) is 6.12. The maximum Gasteiger partial charge on any atom is 0.251 e. The van der Waals surface area contributed by atoms with E-state index < -0.39 is 0 Å². The standard InChI is InChI=1S/C20H23ClFN3O2/c1-25(2)18(14-5-9-17(22)10-6-14)13-24-19(26)11-12-23-20(27)15-3-7-16(21)8-4-15/h3-10,18H,11-13H2,1-2H3,(H,23,27)(H,24,26). The van der Waals surface area contributed by atoms with Gasteiger partial charge in [-0.3, -0.25) is 9.59 Å². The smallest absolute Gasteiger partial charge is 0.251 e. The Morgan fingerprint density at radius 1 is 1.04 bits per heavy atom. The van der Waals surface area contributed by atoms with Crippen molar-refractivity contribution >= 4 is 23.4 Å². The molecule has 2 amide bonds. The minimum atomic E-state index is -0.295. The van der Waals surface area contributed by atoms with Gasteiger partial charge in [0.25, 0.3) is 5.91 Å². The lowest BCUT2D eigenvalue weighted by Crippen LogP contribution is -2.36. The zero-order valence-electron chi connectivity index (χ0n) is 15.3. The van der Waals surface area contributed by atoms with Crippen LogP contribution in [0.2, 0.25) is 5.02 Å². The Morgan fingerprint density at radius 2 is 1.67 bits per heavy atom. The van der Waals surface area contributed by atoms with Crippen molar-refractivity contribution in [2.75, 3.05) is 27.2 Å². The zero-order chi connectivity index (χ0) is 19.8. The average molecular weight is 392 g/mol. The number of rotatable bonds is 8. The molecule has 0 saturated heterocycles. The Labute approximate surface area is 163 Å². The fraction of sp³-hybridized carbons (Fsp3) is 0.300. The van der Waals surface area contributed by atoms with Gasteiger partial charge in [0.05, 0.1) is 6.04 Å². The number of nitrogens with zero attached hydrogens (tertiary/aromatic N) is 1. The molecule has 0 aliphatic heterocycles. The van der Waals surface area contributed by atoms with E-state index in [2.05, 4.69) is 10.6 Å². The molecule has 2 aromatic carbocycles. The third-order valence-corrected chi connectivity index (χ3v) is 4.37. The lowest BCUT2D eigenvalue weighted by atomic mass is 10.1. The summed E-state index contributed by atoms with van der Waals surface area (Å²) in [4.78, 5) is 26.0. The molecule has 0 aliphatic rings. The molecule has 0 aromatic heterocycles. The first kappa shape index (κ1) is 20.9. The van der Waals surface area contributed by atoms with Crippen LogP contribution in [0.15, 0.2) is 48.5 Å². The van der Waals surface area contributed by atoms with Gasteiger partial charge in [-0.15, -0.1) is 0 Å². The van der Waals surface area contributed by atoms with Gasteiger partial charge >= 0.3 is 0 Å². The Balaban J connectivity index is 1.78. The molecule has 1 atom stereocenters. The summed E-state index contributed by atoms with van der Waals surface area (Å²) in [6.45, 7) is 0.624. The van der Waals surface area contributed by atoms with Gasteiger partial charge in [0, 0.05) is 30.1 Å². The van der Waals surface area contributed by atoms with E-state index >= 15 is 0 Å². The number of nitrogens with one attached hydrogen (secondary N) is 2. The molecule has 2 aromatic rings. The van der Waals surface area contributed by atoms with Gasteiger partial charge in [-0.1, -0.05) is 23.7 Å². The van der Waals surface area contributed by atoms with Gasteiger partial charge < -0.3 is 15.5 Å². The Hall–Kier alpha value is -2.44. The van der Waals surface area contributed by atoms with E-state index in [1.165, 1.54) is 12.1 Å². The van der Waals surface area contributed by atoms with Crippen LogP contribution in [0.3, 0.4) is 0 Å². The molecule has 144 valence electrons. The normalized spacial score (nSPS) is 11.9. The van der Waals surface area contributed by atoms with E-state index in [1.807, 2.05) is 19.0 Å². The van der Waals surface area contributed by atoms with Crippen LogP contribution >= 0.6 is 11.6 Å². The Kier molecular flexibility index (Phi) is 7.76. The van der Waals surface area contributed by atoms with E-state index in [1.54, 1.807) is 36.4 Å². The second kappa shape index (κ2) is 10.0. The average Bonchev–Trinajstić information content (AvgIpc) is 2.63. The number of hydrogen-bond acceptors (Lipinski definition) is 3. The minimum Gasteiger partial charge on any atom is -0.354 e. The summed E-state index contributed by atoms with van der Waals surface area (Å²) in [6, 6.07) is 12.7. The number of halogens is 2. The van der Waals surface area contributed by atoms with Crippen LogP contribution in [-0.2, 0) is 4.79 Å². The van der Waals surface area contributed by atoms with Crippen molar-refractivity contribution in [3.05, 3.63) is 70.5 Å². The van der Waals surface area contributed by atoms with Crippen LogP contribution in [0.25, 0.3) is 0 Å². The van der Waals surface area contributed by atoms with Crippen LogP contribution in [0.5, 0.6) is 0 Å². The zero-order valence-corrected chi connectivity index (χ0v) is 16.1. The first-order valence-corrected chi connectivity index (χ1v) is 8.97. The number of likely N-dealkylation sites (N-methyl/N-ethyl adjacent to an activating group) is 1. The monoisotopic (exact) mass is 391 g/mol. The quantitative estimate of drug-likeness (QED) is 0.727. The van der Waals surface area contributed by atoms with Crippen molar-refractivity contribution < 1.29 is 14.0 Å². The summed E-state index contributed by atoms with van der Waals surface area (Å²) in [5.74, 6) is -0.714. The minimum absolute atomic E-state index is 0.0711. The molecule has 0 heterocycles. The molecular weight excluding hydrogens is 369 g/mol. The molecule has 0 saturated carbocycles. The van der Waals surface area contributed by atoms with E-state index in [-0.39, 0.29) is 36.6 Å². The molecule has 2 N–H and O–H groups in total. The summed E-state index contributed by atoms with van der Waals surface area (Å²) in [5.41, 5.74) is 1.40. The maximum absolute atomic E-state index is 13.1. The second-order valence-corrected chi connectivity index (χ2v) is 6.78. The molecule has 27 heavy (non-hydrogen) atoms. The summed E-state index contributed by atoms with van der Waals surface area (Å²) < 4.78 is 13.1. The Morgan fingerprint density at radius 3 is 2.26 bits per heavy atom. The van der Waals surface area contributed by atoms with Gasteiger partial charge in [0.15, 0.2) is 0 Å². The van der Waals surface area contributed by atoms with Crippen molar-refractivity contribution in [3.8, 4) is 0 Å². The summed E-state index contributed by atoms with van der Waals surface area (Å²) >= 11 is 5.79. The van der Waals surface area contributed by atoms with Crippen molar-refractivity contribution in [2.45, 2.75) is 12.5 Å². The lowest BCUT2D eigenvalue weighted by Gasteiger charge is -2.25. The highest BCUT2D eigenvalue weighted by molar-refractivity contribution is 6.30. The molecule has 1 unspecified atom stereocenters. The number of benzene rings is 2. The van der Waals surface area contributed by atoms with Crippen LogP contribution in [0.4, 0.5) is 4.39 Å². The number of hydrogen-bond donors (Lipinski definition) is 2. The fourth-order valence-electron chi connectivity index (χ4n) is 2.58. The van der Waals surface area contributed by atoms with Gasteiger partial charge in [0.1, 0.15) is 5.82 Å². The van der Waals surface area contributed by atoms with Gasteiger partial charge in [-0.05, 0) is 56.1 Å². The number of carbonyl (C=O) groups is 2. The summed E-state index contributed by atoms with van der Waals surface area (Å²) in [6.07, 6.45) is 0.170. The molecule has 0 fully saturated rings. The first-order chi connectivity index (χ1) is 12.9. The van der Waals surface area contributed by atoms with Gasteiger partial charge in [0.2, 0.25) is 5.91 Å². The van der Waals surface area contributed by atoms with E-state index in [9.17, 15) is 14.0 Å². The van der Waals surface area contributed by atoms with Gasteiger partial charge in [-0.25, -0.2) is 4.39 Å². The maximum atomic E-state index is 13.1. The predicted molar refractivity (Wildman–Crippen MR) is 104 cm³/mol. The highest BCUT2D eigenvalue weighted by Crippen LogP contribution is 2.17. The molecule has 0 aliphatic carbocycles. The third-order valence-electron chi connectivity index (χ3n) is 4.11. The first-order valence-electron chi connectivity index (χ1n) is 8.59. The van der Waals surface area contributed by atoms with Crippen LogP contribution in [0.1, 0.15) is 28.4 Å². The molecule has 5 nitrogen and oxygen atoms in total. The summed E-state index contributed by atoms with van der Waals surface area (Å²) in [7, 11) is 3.79. The highest BCUT2D eigenvalue weighted by atomic mass is 35.5. The van der Waals surface area contributed by atoms with Gasteiger partial charge in [-0.2, -0.15) is 0 Å². The predicted octanol–water partition coefficient (Wildman–Crippen LogP) is 3.02.